The Balaban J connectivity index is 1.35. The molecule has 0 saturated heterocycles. The Bertz CT molecular complexity index is 1400. The molecule has 0 aliphatic heterocycles. The minimum Gasteiger partial charge on any atom is -0.457 e. The highest BCUT2D eigenvalue weighted by atomic mass is 16.5. The monoisotopic (exact) mass is 471 g/mol. The number of benzene rings is 2. The number of amides is 2. The molecule has 0 spiro atoms. The molecule has 1 aliphatic carbocycles. The van der Waals surface area contributed by atoms with E-state index in [1.54, 1.807) is 25.4 Å². The van der Waals surface area contributed by atoms with Gasteiger partial charge in [-0.1, -0.05) is 18.2 Å². The van der Waals surface area contributed by atoms with Crippen LogP contribution in [-0.2, 0) is 20.9 Å². The second kappa shape index (κ2) is 8.84. The van der Waals surface area contributed by atoms with Gasteiger partial charge in [0.1, 0.15) is 16.9 Å². The number of nitrogens with two attached hydrogens (primary N) is 2. The number of primary amides is 2. The first-order chi connectivity index (χ1) is 16.9. The topological polar surface area (TPSA) is 135 Å². The number of carbonyl (C=O) groups excluding carboxylic acids is 2. The molecule has 2 amide bonds. The number of fused-ring (bicyclic) bond motifs is 1. The van der Waals surface area contributed by atoms with E-state index >= 15 is 0 Å². The first-order valence-corrected chi connectivity index (χ1v) is 11.2. The van der Waals surface area contributed by atoms with Gasteiger partial charge in [0.25, 0.3) is 0 Å². The predicted octanol–water partition coefficient (Wildman–Crippen LogP) is 2.98. The van der Waals surface area contributed by atoms with Crippen molar-refractivity contribution in [2.24, 2.45) is 16.9 Å². The van der Waals surface area contributed by atoms with Crippen LogP contribution in [0, 0.1) is 5.41 Å². The molecule has 4 aromatic rings. The summed E-state index contributed by atoms with van der Waals surface area (Å²) >= 11 is 0. The average molecular weight is 472 g/mol. The van der Waals surface area contributed by atoms with E-state index in [-0.39, 0.29) is 5.92 Å². The molecule has 9 heteroatoms. The summed E-state index contributed by atoms with van der Waals surface area (Å²) in [6.07, 6.45) is 5.84. The van der Waals surface area contributed by atoms with Gasteiger partial charge in [0.2, 0.25) is 11.8 Å². The molecule has 0 radical (unpaired) electrons. The van der Waals surface area contributed by atoms with Gasteiger partial charge in [-0.15, -0.1) is 0 Å². The van der Waals surface area contributed by atoms with Crippen LogP contribution in [0.1, 0.15) is 17.9 Å². The Morgan fingerprint density at radius 1 is 1.09 bits per heavy atom. The highest BCUT2D eigenvalue weighted by Crippen LogP contribution is 2.59. The molecular formula is C26H25N5O4. The summed E-state index contributed by atoms with van der Waals surface area (Å²) in [6, 6.07) is 15.1. The van der Waals surface area contributed by atoms with Crippen molar-refractivity contribution in [1.82, 2.24) is 14.8 Å². The highest BCUT2D eigenvalue weighted by molar-refractivity contribution is 6.08. The first-order valence-electron chi connectivity index (χ1n) is 11.2. The number of nitrogens with zero attached hydrogens (tertiary/aromatic N) is 3. The maximum atomic E-state index is 11.8. The molecule has 9 nitrogen and oxygen atoms in total. The van der Waals surface area contributed by atoms with Crippen molar-refractivity contribution < 1.29 is 19.1 Å². The van der Waals surface area contributed by atoms with Crippen LogP contribution in [0.4, 0.5) is 0 Å². The van der Waals surface area contributed by atoms with Crippen molar-refractivity contribution in [3.63, 3.8) is 0 Å². The summed E-state index contributed by atoms with van der Waals surface area (Å²) in [6.45, 7) is 1.28. The van der Waals surface area contributed by atoms with Gasteiger partial charge < -0.3 is 20.9 Å². The van der Waals surface area contributed by atoms with Crippen molar-refractivity contribution in [2.75, 3.05) is 13.7 Å². The van der Waals surface area contributed by atoms with Crippen LogP contribution in [0.25, 0.3) is 22.0 Å². The quantitative estimate of drug-likeness (QED) is 0.360. The smallest absolute Gasteiger partial charge is 0.233 e. The van der Waals surface area contributed by atoms with Crippen molar-refractivity contribution in [1.29, 1.82) is 0 Å². The Kier molecular flexibility index (Phi) is 5.70. The average Bonchev–Trinajstić information content (AvgIpc) is 3.47. The molecule has 178 valence electrons. The molecule has 1 fully saturated rings. The summed E-state index contributed by atoms with van der Waals surface area (Å²) < 4.78 is 13.1. The molecule has 5 rings (SSSR count). The van der Waals surface area contributed by atoms with Crippen LogP contribution < -0.4 is 16.2 Å². The van der Waals surface area contributed by atoms with E-state index in [1.165, 1.54) is 0 Å². The largest absolute Gasteiger partial charge is 0.457 e. The molecule has 0 bridgehead atoms. The molecule has 4 N–H and O–H groups in total. The third-order valence-electron chi connectivity index (χ3n) is 6.54. The molecule has 35 heavy (non-hydrogen) atoms. The first kappa shape index (κ1) is 22.5. The third-order valence-corrected chi connectivity index (χ3v) is 6.54. The molecular weight excluding hydrogens is 446 g/mol. The van der Waals surface area contributed by atoms with E-state index in [2.05, 4.69) is 10.1 Å². The number of methoxy groups -OCH3 is 1. The molecule has 1 unspecified atom stereocenters. The molecule has 2 aromatic carbocycles. The van der Waals surface area contributed by atoms with Crippen LogP contribution in [0.2, 0.25) is 0 Å². The zero-order chi connectivity index (χ0) is 24.6. The number of hydrogen-bond acceptors (Lipinski definition) is 6. The number of ether oxygens (including phenoxy) is 2. The minimum absolute atomic E-state index is 0.300. The number of aromatic nitrogens is 3. The van der Waals surface area contributed by atoms with Crippen molar-refractivity contribution in [3.8, 4) is 22.6 Å². The van der Waals surface area contributed by atoms with Gasteiger partial charge >= 0.3 is 0 Å². The highest BCUT2D eigenvalue weighted by Gasteiger charge is 2.64. The van der Waals surface area contributed by atoms with E-state index in [9.17, 15) is 9.59 Å². The maximum absolute atomic E-state index is 11.8. The molecule has 2 aromatic heterocycles. The summed E-state index contributed by atoms with van der Waals surface area (Å²) in [5.41, 5.74) is 13.2. The van der Waals surface area contributed by atoms with Gasteiger partial charge in [-0.2, -0.15) is 5.10 Å². The standard InChI is InChI=1S/C26H25N5O4/c1-34-11-10-31-15-18(14-30-31)17-4-7-20-22(12-17)29-9-8-23(20)35-19-5-2-16(3-6-19)21-13-26(21,24(27)32)25(28)33/h2-9,12,14-15,21H,10-11,13H2,1H3,(H2,27,32)(H2,28,33). The number of pyridine rings is 1. The maximum Gasteiger partial charge on any atom is 0.233 e. The second-order valence-corrected chi connectivity index (χ2v) is 8.65. The van der Waals surface area contributed by atoms with Crippen molar-refractivity contribution in [3.05, 3.63) is 72.7 Å². The van der Waals surface area contributed by atoms with Crippen LogP contribution >= 0.6 is 0 Å². The van der Waals surface area contributed by atoms with E-state index in [0.29, 0.717) is 31.1 Å². The number of rotatable bonds is 9. The van der Waals surface area contributed by atoms with Gasteiger partial charge in [0.05, 0.1) is 24.9 Å². The van der Waals surface area contributed by atoms with Gasteiger partial charge in [-0.25, -0.2) is 0 Å². The van der Waals surface area contributed by atoms with Crippen molar-refractivity contribution >= 4 is 22.7 Å². The SMILES string of the molecule is COCCn1cc(-c2ccc3c(Oc4ccc(C5CC5(C(N)=O)C(N)=O)cc4)ccnc3c2)cn1. The Morgan fingerprint density at radius 2 is 1.86 bits per heavy atom. The number of carbonyl (C=O) groups is 2. The fourth-order valence-electron chi connectivity index (χ4n) is 4.44. The Labute approximate surface area is 201 Å². The van der Waals surface area contributed by atoms with Gasteiger partial charge in [-0.3, -0.25) is 19.3 Å². The van der Waals surface area contributed by atoms with E-state index in [0.717, 1.165) is 27.6 Å². The van der Waals surface area contributed by atoms with Gasteiger partial charge in [0, 0.05) is 36.4 Å². The Morgan fingerprint density at radius 3 is 2.54 bits per heavy atom. The minimum atomic E-state index is -1.29. The fraction of sp³-hybridized carbons (Fsp3) is 0.231. The summed E-state index contributed by atoms with van der Waals surface area (Å²) in [5.74, 6) is -0.375. The lowest BCUT2D eigenvalue weighted by Gasteiger charge is -2.11. The van der Waals surface area contributed by atoms with Crippen LogP contribution in [0.15, 0.2) is 67.1 Å². The lowest BCUT2D eigenvalue weighted by atomic mass is 9.97. The predicted molar refractivity (Wildman–Crippen MR) is 130 cm³/mol. The van der Waals surface area contributed by atoms with Crippen LogP contribution in [-0.4, -0.2) is 40.3 Å². The Hall–Kier alpha value is -4.24. The molecule has 1 saturated carbocycles. The van der Waals surface area contributed by atoms with E-state index < -0.39 is 17.2 Å². The zero-order valence-electron chi connectivity index (χ0n) is 19.2. The van der Waals surface area contributed by atoms with Gasteiger partial charge in [0.15, 0.2) is 0 Å². The second-order valence-electron chi connectivity index (χ2n) is 8.65. The molecule has 1 aliphatic rings. The van der Waals surface area contributed by atoms with Crippen molar-refractivity contribution in [2.45, 2.75) is 18.9 Å². The summed E-state index contributed by atoms with van der Waals surface area (Å²) in [4.78, 5) is 28.1. The van der Waals surface area contributed by atoms with Crippen LogP contribution in [0.5, 0.6) is 11.5 Å². The van der Waals surface area contributed by atoms with E-state index in [4.69, 9.17) is 20.9 Å². The van der Waals surface area contributed by atoms with E-state index in [1.807, 2.05) is 53.5 Å². The third kappa shape index (κ3) is 4.10. The fourth-order valence-corrected chi connectivity index (χ4v) is 4.44. The lowest BCUT2D eigenvalue weighted by Crippen LogP contribution is -2.38. The molecule has 1 atom stereocenters. The lowest BCUT2D eigenvalue weighted by molar-refractivity contribution is -0.133. The number of hydrogen-bond donors (Lipinski definition) is 2. The zero-order valence-corrected chi connectivity index (χ0v) is 19.2. The van der Waals surface area contributed by atoms with Gasteiger partial charge in [-0.05, 0) is 47.9 Å². The summed E-state index contributed by atoms with van der Waals surface area (Å²) in [7, 11) is 1.67. The molecule has 2 heterocycles. The normalized spacial score (nSPS) is 16.2. The summed E-state index contributed by atoms with van der Waals surface area (Å²) in [5, 5.41) is 5.25. The van der Waals surface area contributed by atoms with Crippen LogP contribution in [0.3, 0.4) is 0 Å².